The van der Waals surface area contributed by atoms with Gasteiger partial charge in [-0.3, -0.25) is 0 Å². The van der Waals surface area contributed by atoms with Crippen LogP contribution in [0.3, 0.4) is 0 Å². The lowest BCUT2D eigenvalue weighted by atomic mass is 10.1. The lowest BCUT2D eigenvalue weighted by molar-refractivity contribution is 0.402. The highest BCUT2D eigenvalue weighted by Crippen LogP contribution is 2.48. The molecule has 1 saturated carbocycles. The quantitative estimate of drug-likeness (QED) is 0.839. The lowest BCUT2D eigenvalue weighted by Crippen LogP contribution is -2.22. The van der Waals surface area contributed by atoms with Crippen molar-refractivity contribution in [2.45, 2.75) is 36.3 Å². The van der Waals surface area contributed by atoms with Gasteiger partial charge in [0.1, 0.15) is 10.6 Å². The largest absolute Gasteiger partial charge is 0.495 e. The van der Waals surface area contributed by atoms with Gasteiger partial charge in [0.15, 0.2) is 4.75 Å². The van der Waals surface area contributed by atoms with E-state index in [0.717, 1.165) is 11.1 Å². The number of methoxy groups -OCH3 is 1. The molecule has 1 fully saturated rings. The van der Waals surface area contributed by atoms with Crippen molar-refractivity contribution in [1.82, 2.24) is 0 Å². The molecule has 1 aromatic carbocycles. The zero-order chi connectivity index (χ0) is 13.6. The molecule has 0 atom stereocenters. The van der Waals surface area contributed by atoms with Gasteiger partial charge in [0.2, 0.25) is 9.84 Å². The van der Waals surface area contributed by atoms with E-state index in [1.807, 2.05) is 19.9 Å². The SMILES string of the molecule is COc1cc(C)c(C)cc1S(=O)(=O)C1(C#N)CC1. The van der Waals surface area contributed by atoms with Crippen LogP contribution in [0, 0.1) is 25.2 Å². The topological polar surface area (TPSA) is 67.2 Å². The van der Waals surface area contributed by atoms with Crippen LogP contribution in [0.2, 0.25) is 0 Å². The molecule has 0 saturated heterocycles. The fraction of sp³-hybridized carbons (Fsp3) is 0.462. The van der Waals surface area contributed by atoms with Crippen molar-refractivity contribution in [3.05, 3.63) is 23.3 Å². The highest BCUT2D eigenvalue weighted by Gasteiger charge is 2.56. The van der Waals surface area contributed by atoms with Crippen LogP contribution in [0.25, 0.3) is 0 Å². The summed E-state index contributed by atoms with van der Waals surface area (Å²) in [6, 6.07) is 5.24. The van der Waals surface area contributed by atoms with Gasteiger partial charge in [0.05, 0.1) is 13.2 Å². The molecule has 0 bridgehead atoms. The Kier molecular flexibility index (Phi) is 2.86. The predicted molar refractivity (Wildman–Crippen MR) is 67.2 cm³/mol. The first-order chi connectivity index (χ1) is 8.38. The Labute approximate surface area is 107 Å². The van der Waals surface area contributed by atoms with E-state index in [4.69, 9.17) is 10.00 Å². The second-order valence-electron chi connectivity index (χ2n) is 4.70. The summed E-state index contributed by atoms with van der Waals surface area (Å²) in [7, 11) is -2.21. The Morgan fingerprint density at radius 2 is 1.83 bits per heavy atom. The van der Waals surface area contributed by atoms with Crippen LogP contribution < -0.4 is 4.74 Å². The number of ether oxygens (including phenoxy) is 1. The van der Waals surface area contributed by atoms with Crippen LogP contribution in [-0.4, -0.2) is 20.3 Å². The molecule has 0 N–H and O–H groups in total. The number of nitriles is 1. The second-order valence-corrected chi connectivity index (χ2v) is 6.93. The maximum Gasteiger partial charge on any atom is 0.201 e. The smallest absolute Gasteiger partial charge is 0.201 e. The summed E-state index contributed by atoms with van der Waals surface area (Å²) in [6.45, 7) is 3.74. The molecule has 2 rings (SSSR count). The first-order valence-electron chi connectivity index (χ1n) is 5.69. The van der Waals surface area contributed by atoms with Gasteiger partial charge in [0, 0.05) is 0 Å². The fourth-order valence-corrected chi connectivity index (χ4v) is 3.82. The monoisotopic (exact) mass is 265 g/mol. The van der Waals surface area contributed by atoms with Gasteiger partial charge in [-0.25, -0.2) is 8.42 Å². The third kappa shape index (κ3) is 1.68. The van der Waals surface area contributed by atoms with Crippen molar-refractivity contribution in [3.8, 4) is 11.8 Å². The van der Waals surface area contributed by atoms with Gasteiger partial charge in [-0.05, 0) is 49.9 Å². The van der Waals surface area contributed by atoms with E-state index < -0.39 is 14.6 Å². The van der Waals surface area contributed by atoms with Crippen LogP contribution in [-0.2, 0) is 9.84 Å². The first kappa shape index (κ1) is 12.9. The van der Waals surface area contributed by atoms with Gasteiger partial charge in [0.25, 0.3) is 0 Å². The Balaban J connectivity index is 2.66. The number of aryl methyl sites for hydroxylation is 2. The molecule has 0 spiro atoms. The van der Waals surface area contributed by atoms with Crippen molar-refractivity contribution in [3.63, 3.8) is 0 Å². The van der Waals surface area contributed by atoms with Crippen LogP contribution >= 0.6 is 0 Å². The molecule has 0 unspecified atom stereocenters. The van der Waals surface area contributed by atoms with Crippen molar-refractivity contribution in [2.75, 3.05) is 7.11 Å². The summed E-state index contributed by atoms with van der Waals surface area (Å²) in [5, 5.41) is 9.07. The van der Waals surface area contributed by atoms with E-state index in [0.29, 0.717) is 18.6 Å². The summed E-state index contributed by atoms with van der Waals surface area (Å²) < 4.78 is 28.9. The van der Waals surface area contributed by atoms with Crippen molar-refractivity contribution < 1.29 is 13.2 Å². The molecule has 0 aliphatic heterocycles. The van der Waals surface area contributed by atoms with E-state index in [9.17, 15) is 8.42 Å². The fourth-order valence-electron chi connectivity index (χ4n) is 1.90. The maximum absolute atomic E-state index is 12.5. The molecule has 0 amide bonds. The summed E-state index contributed by atoms with van der Waals surface area (Å²) in [5.41, 5.74) is 1.84. The van der Waals surface area contributed by atoms with Gasteiger partial charge in [-0.2, -0.15) is 5.26 Å². The zero-order valence-corrected chi connectivity index (χ0v) is 11.5. The molecule has 0 radical (unpaired) electrons. The van der Waals surface area contributed by atoms with Crippen LogP contribution in [0.1, 0.15) is 24.0 Å². The van der Waals surface area contributed by atoms with E-state index in [1.54, 1.807) is 12.1 Å². The molecule has 18 heavy (non-hydrogen) atoms. The number of hydrogen-bond acceptors (Lipinski definition) is 4. The summed E-state index contributed by atoms with van der Waals surface area (Å²) >= 11 is 0. The minimum Gasteiger partial charge on any atom is -0.495 e. The lowest BCUT2D eigenvalue weighted by Gasteiger charge is -2.14. The van der Waals surface area contributed by atoms with Crippen molar-refractivity contribution >= 4 is 9.84 Å². The standard InChI is InChI=1S/C13H15NO3S/c1-9-6-11(17-3)12(7-10(9)2)18(15,16)13(8-14)4-5-13/h6-7H,4-5H2,1-3H3. The minimum absolute atomic E-state index is 0.132. The third-order valence-electron chi connectivity index (χ3n) is 3.49. The Morgan fingerprint density at radius 3 is 2.28 bits per heavy atom. The van der Waals surface area contributed by atoms with Gasteiger partial charge >= 0.3 is 0 Å². The average molecular weight is 265 g/mol. The third-order valence-corrected chi connectivity index (χ3v) is 5.92. The van der Waals surface area contributed by atoms with Crippen LogP contribution in [0.5, 0.6) is 5.75 Å². The van der Waals surface area contributed by atoms with E-state index >= 15 is 0 Å². The van der Waals surface area contributed by atoms with Gasteiger partial charge in [-0.15, -0.1) is 0 Å². The highest BCUT2D eigenvalue weighted by atomic mass is 32.2. The predicted octanol–water partition coefficient (Wildman–Crippen LogP) is 2.14. The summed E-state index contributed by atoms with van der Waals surface area (Å²) in [4.78, 5) is 0.132. The molecular formula is C13H15NO3S. The molecule has 1 aromatic rings. The molecule has 5 heteroatoms. The van der Waals surface area contributed by atoms with Crippen molar-refractivity contribution in [1.29, 1.82) is 5.26 Å². The van der Waals surface area contributed by atoms with E-state index in [2.05, 4.69) is 0 Å². The van der Waals surface area contributed by atoms with Gasteiger partial charge in [-0.1, -0.05) is 0 Å². The highest BCUT2D eigenvalue weighted by molar-refractivity contribution is 7.93. The molecule has 96 valence electrons. The van der Waals surface area contributed by atoms with Crippen molar-refractivity contribution in [2.24, 2.45) is 0 Å². The number of sulfone groups is 1. The Morgan fingerprint density at radius 1 is 1.28 bits per heavy atom. The van der Waals surface area contributed by atoms with Gasteiger partial charge < -0.3 is 4.74 Å². The molecule has 1 aliphatic rings. The minimum atomic E-state index is -3.65. The molecule has 4 nitrogen and oxygen atoms in total. The Bertz CT molecular complexity index is 637. The number of benzene rings is 1. The first-order valence-corrected chi connectivity index (χ1v) is 7.17. The number of hydrogen-bond donors (Lipinski definition) is 0. The summed E-state index contributed by atoms with van der Waals surface area (Å²) in [6.07, 6.45) is 0.809. The number of rotatable bonds is 3. The average Bonchev–Trinajstić information content (AvgIpc) is 3.13. The van der Waals surface area contributed by atoms with E-state index in [-0.39, 0.29) is 4.90 Å². The van der Waals surface area contributed by atoms with Crippen LogP contribution in [0.15, 0.2) is 17.0 Å². The normalized spacial score (nSPS) is 17.0. The van der Waals surface area contributed by atoms with Crippen LogP contribution in [0.4, 0.5) is 0 Å². The summed E-state index contributed by atoms with van der Waals surface area (Å²) in [5.74, 6) is 0.319. The van der Waals surface area contributed by atoms with E-state index in [1.165, 1.54) is 7.11 Å². The molecule has 1 aliphatic carbocycles. The Hall–Kier alpha value is -1.54. The molecular weight excluding hydrogens is 250 g/mol. The zero-order valence-electron chi connectivity index (χ0n) is 10.6. The maximum atomic E-state index is 12.5. The second kappa shape index (κ2) is 3.99. The molecule has 0 heterocycles. The molecule has 0 aromatic heterocycles. The number of nitrogens with zero attached hydrogens (tertiary/aromatic N) is 1.